The summed E-state index contributed by atoms with van der Waals surface area (Å²) in [5.74, 6) is -3.01. The largest absolute Gasteiger partial charge is 0.406 e. The molecule has 41 heavy (non-hydrogen) atoms. The molecule has 2 fully saturated rings. The van der Waals surface area contributed by atoms with Crippen molar-refractivity contribution in [2.75, 3.05) is 18.4 Å². The first-order chi connectivity index (χ1) is 19.2. The van der Waals surface area contributed by atoms with Crippen LogP contribution < -0.4 is 10.9 Å². The molecule has 1 saturated heterocycles. The van der Waals surface area contributed by atoms with Crippen LogP contribution in [0.1, 0.15) is 59.9 Å². The number of anilines is 1. The van der Waals surface area contributed by atoms with Crippen LogP contribution in [0.5, 0.6) is 0 Å². The third-order valence-electron chi connectivity index (χ3n) is 7.82. The quantitative estimate of drug-likeness (QED) is 0.410. The average molecular weight is 579 g/mol. The molecule has 0 bridgehead atoms. The molecule has 0 spiro atoms. The van der Waals surface area contributed by atoms with Crippen LogP contribution in [0.3, 0.4) is 0 Å². The summed E-state index contributed by atoms with van der Waals surface area (Å²) < 4.78 is 70.3. The first-order valence-corrected chi connectivity index (χ1v) is 13.4. The number of piperidine rings is 1. The van der Waals surface area contributed by atoms with Gasteiger partial charge in [-0.3, -0.25) is 14.5 Å². The van der Waals surface area contributed by atoms with Crippen molar-refractivity contribution in [2.24, 2.45) is 13.0 Å². The molecule has 0 radical (unpaired) electrons. The molecule has 1 atom stereocenters. The SMILES string of the molecule is C[C@H]1CCCN(Cc2cc(C(=O)Nc3cccc(C4(c5nncn5C)CC(F)(F)C4)c3)c(=O)n(CC(F)(F)F)c2)C1. The van der Waals surface area contributed by atoms with Crippen LogP contribution in [0.25, 0.3) is 0 Å². The zero-order valence-electron chi connectivity index (χ0n) is 22.7. The molecule has 3 heterocycles. The predicted molar refractivity (Wildman–Crippen MR) is 141 cm³/mol. The molecular formula is C28H31F5N6O2. The van der Waals surface area contributed by atoms with E-state index in [1.54, 1.807) is 23.7 Å². The molecule has 2 aliphatic rings. The van der Waals surface area contributed by atoms with Crippen molar-refractivity contribution in [1.82, 2.24) is 24.2 Å². The minimum absolute atomic E-state index is 0.210. The molecule has 13 heteroatoms. The van der Waals surface area contributed by atoms with Gasteiger partial charge in [0.15, 0.2) is 0 Å². The summed E-state index contributed by atoms with van der Waals surface area (Å²) in [6.07, 6.45) is -1.06. The lowest BCUT2D eigenvalue weighted by molar-refractivity contribution is -0.141. The van der Waals surface area contributed by atoms with Crippen molar-refractivity contribution >= 4 is 11.6 Å². The van der Waals surface area contributed by atoms with Gasteiger partial charge < -0.3 is 14.5 Å². The van der Waals surface area contributed by atoms with Gasteiger partial charge in [-0.05, 0) is 54.6 Å². The van der Waals surface area contributed by atoms with Crippen LogP contribution in [0, 0.1) is 5.92 Å². The molecule has 1 aliphatic carbocycles. The number of pyridine rings is 1. The highest BCUT2D eigenvalue weighted by atomic mass is 19.4. The van der Waals surface area contributed by atoms with Gasteiger partial charge in [0.25, 0.3) is 17.4 Å². The van der Waals surface area contributed by atoms with Crippen molar-refractivity contribution in [1.29, 1.82) is 0 Å². The second-order valence-corrected chi connectivity index (χ2v) is 11.4. The van der Waals surface area contributed by atoms with Gasteiger partial charge in [-0.2, -0.15) is 13.2 Å². The van der Waals surface area contributed by atoms with E-state index in [0.717, 1.165) is 32.1 Å². The number of aryl methyl sites for hydroxylation is 1. The number of carbonyl (C=O) groups is 1. The van der Waals surface area contributed by atoms with Gasteiger partial charge in [-0.15, -0.1) is 10.2 Å². The van der Waals surface area contributed by atoms with E-state index in [0.29, 0.717) is 34.0 Å². The molecule has 2 aromatic heterocycles. The molecule has 1 aromatic carbocycles. The van der Waals surface area contributed by atoms with E-state index in [-0.39, 0.29) is 5.69 Å². The zero-order chi connectivity index (χ0) is 29.6. The fraction of sp³-hybridized carbons (Fsp3) is 0.500. The van der Waals surface area contributed by atoms with E-state index in [9.17, 15) is 31.5 Å². The van der Waals surface area contributed by atoms with Gasteiger partial charge in [0.2, 0.25) is 0 Å². The average Bonchev–Trinajstić information content (AvgIpc) is 3.29. The number of halogens is 5. The van der Waals surface area contributed by atoms with Crippen molar-refractivity contribution in [3.8, 4) is 0 Å². The normalized spacial score (nSPS) is 20.4. The molecular weight excluding hydrogens is 547 g/mol. The third-order valence-corrected chi connectivity index (χ3v) is 7.82. The summed E-state index contributed by atoms with van der Waals surface area (Å²) in [5, 5.41) is 10.5. The Kier molecular flexibility index (Phi) is 7.51. The molecule has 8 nitrogen and oxygen atoms in total. The fourth-order valence-electron chi connectivity index (χ4n) is 6.08. The Morgan fingerprint density at radius 1 is 1.20 bits per heavy atom. The second-order valence-electron chi connectivity index (χ2n) is 11.4. The molecule has 1 saturated carbocycles. The van der Waals surface area contributed by atoms with Crippen LogP contribution in [0.15, 0.2) is 47.7 Å². The number of aromatic nitrogens is 4. The van der Waals surface area contributed by atoms with Gasteiger partial charge in [0, 0.05) is 44.9 Å². The minimum atomic E-state index is -4.66. The Bertz CT molecular complexity index is 1490. The van der Waals surface area contributed by atoms with Crippen molar-refractivity contribution in [3.05, 3.63) is 75.7 Å². The van der Waals surface area contributed by atoms with Gasteiger partial charge in [-0.25, -0.2) is 8.78 Å². The van der Waals surface area contributed by atoms with Crippen LogP contribution in [-0.4, -0.2) is 55.3 Å². The van der Waals surface area contributed by atoms with Crippen molar-refractivity contribution in [2.45, 2.75) is 63.2 Å². The Balaban J connectivity index is 1.45. The molecule has 220 valence electrons. The number of alkyl halides is 5. The summed E-state index contributed by atoms with van der Waals surface area (Å²) in [6.45, 7) is 2.40. The van der Waals surface area contributed by atoms with Crippen molar-refractivity contribution in [3.63, 3.8) is 0 Å². The zero-order valence-corrected chi connectivity index (χ0v) is 22.7. The van der Waals surface area contributed by atoms with Crippen LogP contribution in [-0.2, 0) is 25.6 Å². The highest BCUT2D eigenvalue weighted by Gasteiger charge is 2.60. The minimum Gasteiger partial charge on any atom is -0.322 e. The van der Waals surface area contributed by atoms with E-state index in [1.165, 1.54) is 24.5 Å². The Labute approximate surface area is 233 Å². The first kappa shape index (κ1) is 28.9. The third kappa shape index (κ3) is 6.19. The van der Waals surface area contributed by atoms with Crippen LogP contribution >= 0.6 is 0 Å². The number of hydrogen-bond acceptors (Lipinski definition) is 5. The van der Waals surface area contributed by atoms with Crippen molar-refractivity contribution < 1.29 is 26.7 Å². The smallest absolute Gasteiger partial charge is 0.322 e. The highest BCUT2D eigenvalue weighted by Crippen LogP contribution is 2.56. The number of amides is 1. The standard InChI is InChI=1S/C28H31F5N6O2/c1-18-5-4-8-38(11-18)12-19-9-22(24(41)39(13-19)16-28(31,32)33)23(40)35-21-7-3-6-20(10-21)26(14-27(29,30)15-26)25-36-34-17-37(25)2/h3,6-7,9-10,13,17-18H,4-5,8,11-12,14-16H2,1-2H3,(H,35,40)/t18-/m0/s1. The van der Waals surface area contributed by atoms with E-state index >= 15 is 0 Å². The number of benzene rings is 1. The first-order valence-electron chi connectivity index (χ1n) is 13.4. The summed E-state index contributed by atoms with van der Waals surface area (Å²) in [5.41, 5.74) is -1.54. The Hall–Kier alpha value is -3.61. The lowest BCUT2D eigenvalue weighted by Crippen LogP contribution is -2.51. The predicted octanol–water partition coefficient (Wildman–Crippen LogP) is 4.74. The summed E-state index contributed by atoms with van der Waals surface area (Å²) in [4.78, 5) is 28.4. The maximum atomic E-state index is 14.2. The summed E-state index contributed by atoms with van der Waals surface area (Å²) in [7, 11) is 1.66. The topological polar surface area (TPSA) is 85.1 Å². The Morgan fingerprint density at radius 3 is 2.59 bits per heavy atom. The fourth-order valence-corrected chi connectivity index (χ4v) is 6.08. The van der Waals surface area contributed by atoms with Gasteiger partial charge >= 0.3 is 6.18 Å². The number of rotatable bonds is 7. The van der Waals surface area contributed by atoms with Gasteiger partial charge in [-0.1, -0.05) is 19.1 Å². The van der Waals surface area contributed by atoms with Crippen LogP contribution in [0.2, 0.25) is 0 Å². The number of carbonyl (C=O) groups excluding carboxylic acids is 1. The molecule has 1 amide bonds. The maximum absolute atomic E-state index is 14.2. The van der Waals surface area contributed by atoms with Gasteiger partial charge in [0.1, 0.15) is 24.3 Å². The number of nitrogens with zero attached hydrogens (tertiary/aromatic N) is 5. The molecule has 3 aromatic rings. The Morgan fingerprint density at radius 2 is 1.95 bits per heavy atom. The molecule has 5 rings (SSSR count). The van der Waals surface area contributed by atoms with E-state index in [1.807, 2.05) is 0 Å². The summed E-state index contributed by atoms with van der Waals surface area (Å²) >= 11 is 0. The lowest BCUT2D eigenvalue weighted by atomic mass is 9.61. The lowest BCUT2D eigenvalue weighted by Gasteiger charge is -2.46. The van der Waals surface area contributed by atoms with E-state index in [2.05, 4.69) is 27.3 Å². The van der Waals surface area contributed by atoms with E-state index < -0.39 is 53.9 Å². The molecule has 1 aliphatic heterocycles. The highest BCUT2D eigenvalue weighted by molar-refractivity contribution is 6.04. The number of likely N-dealkylation sites (tertiary alicyclic amines) is 1. The second kappa shape index (κ2) is 10.7. The maximum Gasteiger partial charge on any atom is 0.406 e. The number of hydrogen-bond donors (Lipinski definition) is 1. The number of nitrogens with one attached hydrogen (secondary N) is 1. The summed E-state index contributed by atoms with van der Waals surface area (Å²) in [6, 6.07) is 7.61. The van der Waals surface area contributed by atoms with Crippen LogP contribution in [0.4, 0.5) is 27.6 Å². The monoisotopic (exact) mass is 578 g/mol. The molecule has 1 N–H and O–H groups in total. The molecule has 0 unspecified atom stereocenters. The van der Waals surface area contributed by atoms with E-state index in [4.69, 9.17) is 0 Å². The van der Waals surface area contributed by atoms with Gasteiger partial charge in [0.05, 0.1) is 5.41 Å².